The molecule has 180 valence electrons. The molecule has 3 aliphatic rings. The van der Waals surface area contributed by atoms with Crippen LogP contribution in [-0.4, -0.2) is 53.3 Å². The van der Waals surface area contributed by atoms with E-state index in [0.29, 0.717) is 38.1 Å². The number of rotatable bonds is 5. The molecule has 7 heteroatoms. The minimum atomic E-state index is -0.438. The molecule has 5 rings (SSSR count). The minimum Gasteiger partial charge on any atom is -0.466 e. The summed E-state index contributed by atoms with van der Waals surface area (Å²) >= 11 is 1.62. The molecular weight excluding hydrogens is 448 g/mol. The van der Waals surface area contributed by atoms with Gasteiger partial charge in [0.25, 0.3) is 5.91 Å². The number of piperidine rings is 1. The van der Waals surface area contributed by atoms with Crippen molar-refractivity contribution in [2.24, 2.45) is 5.92 Å². The molecule has 2 aromatic rings. The van der Waals surface area contributed by atoms with Crippen LogP contribution in [0.2, 0.25) is 0 Å². The standard InChI is InChI=1S/C27H32N2O4S/c1-2-33-27(32)18-13-15-28(16-14-18)26(31)23-20-10-5-6-11-21(20)25(30)29(19-8-3-4-9-19)24(23)22-12-7-17-34-22/h5-7,10-12,17-19,23-24H,2-4,8-9,13-16H2,1H3. The molecule has 6 nitrogen and oxygen atoms in total. The summed E-state index contributed by atoms with van der Waals surface area (Å²) in [5.41, 5.74) is 1.49. The van der Waals surface area contributed by atoms with Crippen LogP contribution in [0.1, 0.15) is 78.2 Å². The van der Waals surface area contributed by atoms with Gasteiger partial charge in [-0.25, -0.2) is 0 Å². The highest BCUT2D eigenvalue weighted by molar-refractivity contribution is 7.10. The molecule has 1 saturated carbocycles. The second-order valence-corrected chi connectivity index (χ2v) is 10.5. The largest absolute Gasteiger partial charge is 0.466 e. The highest BCUT2D eigenvalue weighted by Crippen LogP contribution is 2.48. The van der Waals surface area contributed by atoms with Crippen LogP contribution in [-0.2, 0) is 14.3 Å². The summed E-state index contributed by atoms with van der Waals surface area (Å²) in [5, 5.41) is 2.03. The van der Waals surface area contributed by atoms with Crippen molar-refractivity contribution in [3.05, 3.63) is 57.8 Å². The summed E-state index contributed by atoms with van der Waals surface area (Å²) < 4.78 is 5.20. The lowest BCUT2D eigenvalue weighted by atomic mass is 9.79. The molecule has 2 atom stereocenters. The van der Waals surface area contributed by atoms with Gasteiger partial charge in [-0.15, -0.1) is 11.3 Å². The molecule has 0 radical (unpaired) electrons. The monoisotopic (exact) mass is 480 g/mol. The zero-order valence-corrected chi connectivity index (χ0v) is 20.5. The van der Waals surface area contributed by atoms with E-state index in [4.69, 9.17) is 4.74 Å². The number of hydrogen-bond acceptors (Lipinski definition) is 5. The summed E-state index contributed by atoms with van der Waals surface area (Å²) in [4.78, 5) is 45.2. The van der Waals surface area contributed by atoms with Gasteiger partial charge < -0.3 is 14.5 Å². The molecule has 2 amide bonds. The smallest absolute Gasteiger partial charge is 0.309 e. The summed E-state index contributed by atoms with van der Waals surface area (Å²) in [6.45, 7) is 3.27. The number of nitrogens with zero attached hydrogens (tertiary/aromatic N) is 2. The van der Waals surface area contributed by atoms with Crippen molar-refractivity contribution in [2.45, 2.75) is 63.5 Å². The zero-order chi connectivity index (χ0) is 23.7. The fourth-order valence-corrected chi connectivity index (χ4v) is 6.82. The van der Waals surface area contributed by atoms with E-state index in [9.17, 15) is 14.4 Å². The molecule has 3 heterocycles. The van der Waals surface area contributed by atoms with E-state index < -0.39 is 5.92 Å². The molecule has 2 fully saturated rings. The van der Waals surface area contributed by atoms with Gasteiger partial charge in [-0.1, -0.05) is 37.1 Å². The van der Waals surface area contributed by atoms with E-state index in [-0.39, 0.29) is 35.8 Å². The van der Waals surface area contributed by atoms with Crippen LogP contribution in [0.15, 0.2) is 41.8 Å². The van der Waals surface area contributed by atoms with Gasteiger partial charge in [-0.05, 0) is 55.7 Å². The number of ether oxygens (including phenoxy) is 1. The lowest BCUT2D eigenvalue weighted by Gasteiger charge is -2.46. The van der Waals surface area contributed by atoms with Crippen molar-refractivity contribution < 1.29 is 19.1 Å². The van der Waals surface area contributed by atoms with Crippen molar-refractivity contribution in [3.63, 3.8) is 0 Å². The number of amides is 2. The normalized spacial score (nSPS) is 23.7. The van der Waals surface area contributed by atoms with Crippen LogP contribution in [0.4, 0.5) is 0 Å². The van der Waals surface area contributed by atoms with E-state index in [2.05, 4.69) is 6.07 Å². The number of hydrogen-bond donors (Lipinski definition) is 0. The van der Waals surface area contributed by atoms with Gasteiger partial charge in [0.2, 0.25) is 5.91 Å². The highest BCUT2D eigenvalue weighted by Gasteiger charge is 2.48. The van der Waals surface area contributed by atoms with Gasteiger partial charge in [-0.3, -0.25) is 14.4 Å². The summed E-state index contributed by atoms with van der Waals surface area (Å²) in [7, 11) is 0. The number of esters is 1. The summed E-state index contributed by atoms with van der Waals surface area (Å²) in [6.07, 6.45) is 5.45. The predicted molar refractivity (Wildman–Crippen MR) is 131 cm³/mol. The van der Waals surface area contributed by atoms with Crippen molar-refractivity contribution >= 4 is 29.1 Å². The van der Waals surface area contributed by atoms with E-state index in [1.807, 2.05) is 52.4 Å². The molecule has 1 aromatic heterocycles. The maximum Gasteiger partial charge on any atom is 0.309 e. The molecule has 1 aromatic carbocycles. The van der Waals surface area contributed by atoms with Crippen LogP contribution in [0.3, 0.4) is 0 Å². The third kappa shape index (κ3) is 4.15. The lowest BCUT2D eigenvalue weighted by Crippen LogP contribution is -2.52. The van der Waals surface area contributed by atoms with Gasteiger partial charge in [0.05, 0.1) is 24.5 Å². The van der Waals surface area contributed by atoms with E-state index in [0.717, 1.165) is 36.1 Å². The molecule has 1 aliphatic carbocycles. The lowest BCUT2D eigenvalue weighted by molar-refractivity contribution is -0.151. The van der Waals surface area contributed by atoms with Crippen molar-refractivity contribution in [1.82, 2.24) is 9.80 Å². The van der Waals surface area contributed by atoms with Gasteiger partial charge in [0.15, 0.2) is 0 Å². The first-order valence-electron chi connectivity index (χ1n) is 12.5. The minimum absolute atomic E-state index is 0.0472. The Morgan fingerprint density at radius 1 is 1.03 bits per heavy atom. The second kappa shape index (κ2) is 9.90. The fraction of sp³-hybridized carbons (Fsp3) is 0.519. The maximum atomic E-state index is 14.2. The van der Waals surface area contributed by atoms with Crippen LogP contribution in [0, 0.1) is 5.92 Å². The third-order valence-corrected chi connectivity index (χ3v) is 8.56. The number of fused-ring (bicyclic) bond motifs is 1. The average Bonchev–Trinajstić information content (AvgIpc) is 3.58. The van der Waals surface area contributed by atoms with Gasteiger partial charge >= 0.3 is 5.97 Å². The second-order valence-electron chi connectivity index (χ2n) is 9.53. The van der Waals surface area contributed by atoms with E-state index in [1.54, 1.807) is 11.3 Å². The van der Waals surface area contributed by atoms with Gasteiger partial charge in [0.1, 0.15) is 0 Å². The first-order chi connectivity index (χ1) is 16.6. The van der Waals surface area contributed by atoms with Gasteiger partial charge in [-0.2, -0.15) is 0 Å². The molecule has 2 aliphatic heterocycles. The molecule has 0 bridgehead atoms. The Hall–Kier alpha value is -2.67. The SMILES string of the molecule is CCOC(=O)C1CCN(C(=O)C2c3ccccc3C(=O)N(C3CCCC3)C2c2cccs2)CC1. The van der Waals surface area contributed by atoms with Crippen molar-refractivity contribution in [2.75, 3.05) is 19.7 Å². The van der Waals surface area contributed by atoms with E-state index >= 15 is 0 Å². The molecule has 0 spiro atoms. The van der Waals surface area contributed by atoms with Crippen molar-refractivity contribution in [3.8, 4) is 0 Å². The number of likely N-dealkylation sites (tertiary alicyclic amines) is 1. The summed E-state index contributed by atoms with van der Waals surface area (Å²) in [5.74, 6) is -0.638. The topological polar surface area (TPSA) is 66.9 Å². The fourth-order valence-electron chi connectivity index (χ4n) is 5.96. The van der Waals surface area contributed by atoms with Crippen LogP contribution >= 0.6 is 11.3 Å². The molecule has 2 unspecified atom stereocenters. The number of carbonyl (C=O) groups is 3. The Bertz CT molecular complexity index is 1040. The predicted octanol–water partition coefficient (Wildman–Crippen LogP) is 4.77. The number of benzene rings is 1. The Morgan fingerprint density at radius 3 is 2.44 bits per heavy atom. The molecule has 34 heavy (non-hydrogen) atoms. The Balaban J connectivity index is 1.50. The quantitative estimate of drug-likeness (QED) is 0.578. The molecule has 0 N–H and O–H groups in total. The third-order valence-electron chi connectivity index (χ3n) is 7.62. The van der Waals surface area contributed by atoms with Crippen LogP contribution < -0.4 is 0 Å². The highest BCUT2D eigenvalue weighted by atomic mass is 32.1. The van der Waals surface area contributed by atoms with Gasteiger partial charge in [0, 0.05) is 29.6 Å². The molecule has 1 saturated heterocycles. The van der Waals surface area contributed by atoms with Crippen LogP contribution in [0.5, 0.6) is 0 Å². The Morgan fingerprint density at radius 2 is 1.76 bits per heavy atom. The Labute approximate surface area is 204 Å². The Kier molecular flexibility index (Phi) is 6.73. The zero-order valence-electron chi connectivity index (χ0n) is 19.7. The molecular formula is C27H32N2O4S. The first-order valence-corrected chi connectivity index (χ1v) is 13.4. The van der Waals surface area contributed by atoms with Crippen LogP contribution in [0.25, 0.3) is 0 Å². The number of thiophene rings is 1. The summed E-state index contributed by atoms with van der Waals surface area (Å²) in [6, 6.07) is 11.6. The van der Waals surface area contributed by atoms with Crippen molar-refractivity contribution in [1.29, 1.82) is 0 Å². The maximum absolute atomic E-state index is 14.2. The average molecular weight is 481 g/mol. The number of carbonyl (C=O) groups excluding carboxylic acids is 3. The first kappa shape index (κ1) is 23.1. The van der Waals surface area contributed by atoms with E-state index in [1.165, 1.54) is 0 Å².